The minimum absolute atomic E-state index is 0.102. The van der Waals surface area contributed by atoms with Crippen molar-refractivity contribution in [2.45, 2.75) is 50.0 Å². The summed E-state index contributed by atoms with van der Waals surface area (Å²) < 4.78 is 26.9. The third kappa shape index (κ3) is 3.65. The molecule has 4 nitrogen and oxygen atoms in total. The maximum atomic E-state index is 12.7. The zero-order valence-electron chi connectivity index (χ0n) is 13.2. The summed E-state index contributed by atoms with van der Waals surface area (Å²) in [5.41, 5.74) is 1.20. The summed E-state index contributed by atoms with van der Waals surface area (Å²) in [7, 11) is -1.68. The van der Waals surface area contributed by atoms with Crippen LogP contribution in [0.25, 0.3) is 0 Å². The largest absolute Gasteiger partial charge is 0.317 e. The molecule has 2 rings (SSSR count). The van der Waals surface area contributed by atoms with Crippen LogP contribution in [-0.4, -0.2) is 38.9 Å². The zero-order chi connectivity index (χ0) is 15.5. The van der Waals surface area contributed by atoms with Crippen molar-refractivity contribution in [3.05, 3.63) is 29.8 Å². The van der Waals surface area contributed by atoms with Crippen molar-refractivity contribution in [2.24, 2.45) is 0 Å². The summed E-state index contributed by atoms with van der Waals surface area (Å²) in [6.45, 7) is 6.07. The molecule has 5 heteroatoms. The summed E-state index contributed by atoms with van der Waals surface area (Å²) in [4.78, 5) is 0.399. The van der Waals surface area contributed by atoms with Gasteiger partial charge in [0.2, 0.25) is 10.0 Å². The van der Waals surface area contributed by atoms with Crippen molar-refractivity contribution < 1.29 is 8.42 Å². The van der Waals surface area contributed by atoms with Gasteiger partial charge in [-0.1, -0.05) is 26.0 Å². The van der Waals surface area contributed by atoms with Crippen LogP contribution in [0.1, 0.15) is 44.6 Å². The summed E-state index contributed by atoms with van der Waals surface area (Å²) in [5.74, 6) is 0.462. The molecule has 1 aromatic carbocycles. The molecule has 0 aromatic heterocycles. The van der Waals surface area contributed by atoms with Gasteiger partial charge in [0, 0.05) is 13.1 Å². The van der Waals surface area contributed by atoms with E-state index in [2.05, 4.69) is 19.2 Å². The van der Waals surface area contributed by atoms with E-state index in [1.807, 2.05) is 12.1 Å². The lowest BCUT2D eigenvalue weighted by molar-refractivity contribution is 0.296. The number of nitrogens with zero attached hydrogens (tertiary/aromatic N) is 1. The van der Waals surface area contributed by atoms with Gasteiger partial charge in [0.05, 0.1) is 4.90 Å². The molecule has 1 fully saturated rings. The van der Waals surface area contributed by atoms with Crippen LogP contribution in [0.5, 0.6) is 0 Å². The minimum atomic E-state index is -3.38. The highest BCUT2D eigenvalue weighted by atomic mass is 32.2. The van der Waals surface area contributed by atoms with E-state index in [9.17, 15) is 8.42 Å². The highest BCUT2D eigenvalue weighted by Gasteiger charge is 2.28. The van der Waals surface area contributed by atoms with Gasteiger partial charge < -0.3 is 5.32 Å². The first-order valence-electron chi connectivity index (χ1n) is 7.75. The average Bonchev–Trinajstić information content (AvgIpc) is 2.54. The predicted octanol–water partition coefficient (Wildman–Crippen LogP) is 2.57. The van der Waals surface area contributed by atoms with Gasteiger partial charge in [0.1, 0.15) is 0 Å². The predicted molar refractivity (Wildman–Crippen MR) is 86.0 cm³/mol. The van der Waals surface area contributed by atoms with Crippen LogP contribution in [0.3, 0.4) is 0 Å². The van der Waals surface area contributed by atoms with Crippen LogP contribution in [0.4, 0.5) is 0 Å². The molecule has 0 spiro atoms. The topological polar surface area (TPSA) is 49.4 Å². The fourth-order valence-corrected chi connectivity index (χ4v) is 4.15. The fourth-order valence-electron chi connectivity index (χ4n) is 2.74. The van der Waals surface area contributed by atoms with Crippen molar-refractivity contribution >= 4 is 10.0 Å². The smallest absolute Gasteiger partial charge is 0.243 e. The normalized spacial score (nSPS) is 18.9. The van der Waals surface area contributed by atoms with Crippen molar-refractivity contribution in [3.8, 4) is 0 Å². The van der Waals surface area contributed by atoms with Gasteiger partial charge in [0.15, 0.2) is 0 Å². The Morgan fingerprint density at radius 2 is 1.81 bits per heavy atom. The summed E-state index contributed by atoms with van der Waals surface area (Å²) in [6.07, 6.45) is 2.81. The summed E-state index contributed by atoms with van der Waals surface area (Å²) in [5, 5.41) is 3.27. The van der Waals surface area contributed by atoms with Gasteiger partial charge in [-0.25, -0.2) is 8.42 Å². The molecule has 1 aliphatic rings. The molecule has 21 heavy (non-hydrogen) atoms. The van der Waals surface area contributed by atoms with E-state index in [1.54, 1.807) is 23.5 Å². The molecule has 0 amide bonds. The van der Waals surface area contributed by atoms with Gasteiger partial charge >= 0.3 is 0 Å². The Morgan fingerprint density at radius 1 is 1.24 bits per heavy atom. The monoisotopic (exact) mass is 310 g/mol. The second-order valence-corrected chi connectivity index (χ2v) is 7.88. The summed E-state index contributed by atoms with van der Waals surface area (Å²) in [6, 6.07) is 7.47. The Balaban J connectivity index is 2.18. The Hall–Kier alpha value is -0.910. The number of hydrogen-bond acceptors (Lipinski definition) is 3. The van der Waals surface area contributed by atoms with Crippen LogP contribution in [0.2, 0.25) is 0 Å². The van der Waals surface area contributed by atoms with E-state index in [0.29, 0.717) is 10.8 Å². The Labute approximate surface area is 128 Å². The third-order valence-corrected chi connectivity index (χ3v) is 6.49. The van der Waals surface area contributed by atoms with Crippen molar-refractivity contribution in [3.63, 3.8) is 0 Å². The van der Waals surface area contributed by atoms with Gasteiger partial charge in [-0.2, -0.15) is 4.31 Å². The molecule has 1 atom stereocenters. The first-order chi connectivity index (χ1) is 9.96. The Kier molecular flexibility index (Phi) is 5.41. The second kappa shape index (κ2) is 6.90. The van der Waals surface area contributed by atoms with E-state index in [0.717, 1.165) is 32.4 Å². The van der Waals surface area contributed by atoms with E-state index in [-0.39, 0.29) is 6.04 Å². The fraction of sp³-hybridized carbons (Fsp3) is 0.625. The molecule has 0 aliphatic carbocycles. The van der Waals surface area contributed by atoms with E-state index >= 15 is 0 Å². The number of rotatable bonds is 5. The Bertz CT molecular complexity index is 548. The molecule has 1 saturated heterocycles. The van der Waals surface area contributed by atoms with Crippen LogP contribution in [0.15, 0.2) is 29.2 Å². The van der Waals surface area contributed by atoms with Crippen LogP contribution < -0.4 is 5.32 Å². The molecule has 1 unspecified atom stereocenters. The SMILES string of the molecule is CCC(C)c1ccc(S(=O)(=O)N(C)C2CCNCC2)cc1. The first kappa shape index (κ1) is 16.5. The molecule has 0 radical (unpaired) electrons. The molecular weight excluding hydrogens is 284 g/mol. The van der Waals surface area contributed by atoms with Gasteiger partial charge in [-0.05, 0) is 56.0 Å². The van der Waals surface area contributed by atoms with Gasteiger partial charge in [-0.3, -0.25) is 0 Å². The lowest BCUT2D eigenvalue weighted by Crippen LogP contribution is -2.43. The maximum Gasteiger partial charge on any atom is 0.243 e. The number of hydrogen-bond donors (Lipinski definition) is 1. The van der Waals surface area contributed by atoms with E-state index < -0.39 is 10.0 Å². The zero-order valence-corrected chi connectivity index (χ0v) is 14.0. The average molecular weight is 310 g/mol. The number of piperidine rings is 1. The lowest BCUT2D eigenvalue weighted by atomic mass is 9.99. The van der Waals surface area contributed by atoms with Gasteiger partial charge in [0.25, 0.3) is 0 Å². The van der Waals surface area contributed by atoms with Crippen molar-refractivity contribution in [2.75, 3.05) is 20.1 Å². The second-order valence-electron chi connectivity index (χ2n) is 5.88. The van der Waals surface area contributed by atoms with Crippen LogP contribution in [-0.2, 0) is 10.0 Å². The highest BCUT2D eigenvalue weighted by Crippen LogP contribution is 2.24. The molecule has 118 valence electrons. The van der Waals surface area contributed by atoms with E-state index in [4.69, 9.17) is 0 Å². The maximum absolute atomic E-state index is 12.7. The van der Waals surface area contributed by atoms with Crippen molar-refractivity contribution in [1.29, 1.82) is 0 Å². The van der Waals surface area contributed by atoms with Gasteiger partial charge in [-0.15, -0.1) is 0 Å². The molecule has 0 saturated carbocycles. The van der Waals surface area contributed by atoms with Crippen LogP contribution in [0, 0.1) is 0 Å². The molecule has 1 heterocycles. The van der Waals surface area contributed by atoms with Crippen LogP contribution >= 0.6 is 0 Å². The third-order valence-electron chi connectivity index (χ3n) is 4.56. The molecular formula is C16H26N2O2S. The highest BCUT2D eigenvalue weighted by molar-refractivity contribution is 7.89. The summed E-state index contributed by atoms with van der Waals surface area (Å²) >= 11 is 0. The number of nitrogens with one attached hydrogen (secondary N) is 1. The quantitative estimate of drug-likeness (QED) is 0.909. The van der Waals surface area contributed by atoms with E-state index in [1.165, 1.54) is 5.56 Å². The first-order valence-corrected chi connectivity index (χ1v) is 9.19. The lowest BCUT2D eigenvalue weighted by Gasteiger charge is -2.30. The minimum Gasteiger partial charge on any atom is -0.317 e. The molecule has 1 aromatic rings. The Morgan fingerprint density at radius 3 is 2.33 bits per heavy atom. The van der Waals surface area contributed by atoms with Crippen molar-refractivity contribution in [1.82, 2.24) is 9.62 Å². The number of benzene rings is 1. The molecule has 1 N–H and O–H groups in total. The number of sulfonamides is 1. The molecule has 0 bridgehead atoms. The standard InChI is InChI=1S/C16H26N2O2S/c1-4-13(2)14-5-7-16(8-6-14)21(19,20)18(3)15-9-11-17-12-10-15/h5-8,13,15,17H,4,9-12H2,1-3H3. The molecule has 1 aliphatic heterocycles.